The number of aromatic nitrogens is 4. The summed E-state index contributed by atoms with van der Waals surface area (Å²) < 4.78 is 1.27. The molecular formula is C11H11N5O2. The van der Waals surface area contributed by atoms with Crippen LogP contribution in [0.15, 0.2) is 10.9 Å². The molecule has 0 radical (unpaired) electrons. The SMILES string of the molecule is CC(C)c1cc2nc(=O)n3c(c2nn1)NC(=O)C3. The van der Waals surface area contributed by atoms with E-state index in [4.69, 9.17) is 0 Å². The average Bonchev–Trinajstić information content (AvgIpc) is 2.71. The van der Waals surface area contributed by atoms with Crippen molar-refractivity contribution in [3.63, 3.8) is 0 Å². The number of carbonyl (C=O) groups is 1. The minimum Gasteiger partial charge on any atom is -0.308 e. The Bertz CT molecular complexity index is 719. The average molecular weight is 245 g/mol. The maximum absolute atomic E-state index is 11.8. The minimum atomic E-state index is -0.446. The van der Waals surface area contributed by atoms with E-state index in [0.717, 1.165) is 5.69 Å². The minimum absolute atomic E-state index is 0.00921. The van der Waals surface area contributed by atoms with Crippen LogP contribution < -0.4 is 11.0 Å². The smallest absolute Gasteiger partial charge is 0.308 e. The molecule has 0 spiro atoms. The van der Waals surface area contributed by atoms with E-state index in [1.54, 1.807) is 6.07 Å². The van der Waals surface area contributed by atoms with Crippen LogP contribution in [0, 0.1) is 0 Å². The van der Waals surface area contributed by atoms with E-state index >= 15 is 0 Å². The first-order valence-corrected chi connectivity index (χ1v) is 5.64. The summed E-state index contributed by atoms with van der Waals surface area (Å²) in [6.45, 7) is 3.96. The Balaban J connectivity index is 2.32. The molecule has 0 atom stereocenters. The van der Waals surface area contributed by atoms with Gasteiger partial charge in [0.1, 0.15) is 17.9 Å². The molecule has 0 bridgehead atoms. The van der Waals surface area contributed by atoms with Gasteiger partial charge in [0.25, 0.3) is 0 Å². The molecule has 3 heterocycles. The lowest BCUT2D eigenvalue weighted by Crippen LogP contribution is -2.22. The highest BCUT2D eigenvalue weighted by atomic mass is 16.2. The van der Waals surface area contributed by atoms with Gasteiger partial charge in [0.05, 0.1) is 5.69 Å². The van der Waals surface area contributed by atoms with Crippen molar-refractivity contribution in [2.75, 3.05) is 5.32 Å². The predicted molar refractivity (Wildman–Crippen MR) is 64.3 cm³/mol. The topological polar surface area (TPSA) is 89.8 Å². The third-order valence-corrected chi connectivity index (χ3v) is 2.88. The summed E-state index contributed by atoms with van der Waals surface area (Å²) in [4.78, 5) is 27.0. The summed E-state index contributed by atoms with van der Waals surface area (Å²) in [5.74, 6) is 0.350. The van der Waals surface area contributed by atoms with Crippen LogP contribution in [-0.4, -0.2) is 25.7 Å². The molecule has 2 aromatic heterocycles. The second kappa shape index (κ2) is 3.59. The van der Waals surface area contributed by atoms with Crippen molar-refractivity contribution < 1.29 is 4.79 Å². The van der Waals surface area contributed by atoms with E-state index in [0.29, 0.717) is 16.9 Å². The fourth-order valence-corrected chi connectivity index (χ4v) is 1.91. The second-order valence-corrected chi connectivity index (χ2v) is 4.54. The van der Waals surface area contributed by atoms with Crippen LogP contribution in [-0.2, 0) is 11.3 Å². The third kappa shape index (κ3) is 1.47. The largest absolute Gasteiger partial charge is 0.350 e. The fourth-order valence-electron chi connectivity index (χ4n) is 1.91. The number of fused-ring (bicyclic) bond motifs is 3. The molecule has 0 aliphatic carbocycles. The van der Waals surface area contributed by atoms with Gasteiger partial charge in [0, 0.05) is 0 Å². The lowest BCUT2D eigenvalue weighted by molar-refractivity contribution is -0.115. The van der Waals surface area contributed by atoms with E-state index < -0.39 is 5.69 Å². The number of hydrogen-bond acceptors (Lipinski definition) is 5. The Labute approximate surface area is 102 Å². The first-order valence-electron chi connectivity index (χ1n) is 5.64. The Morgan fingerprint density at radius 2 is 2.11 bits per heavy atom. The lowest BCUT2D eigenvalue weighted by Gasteiger charge is -2.06. The van der Waals surface area contributed by atoms with Gasteiger partial charge in [-0.1, -0.05) is 13.8 Å². The quantitative estimate of drug-likeness (QED) is 0.778. The molecule has 0 fully saturated rings. The van der Waals surface area contributed by atoms with Crippen molar-refractivity contribution >= 4 is 22.8 Å². The molecule has 1 aliphatic rings. The molecular weight excluding hydrogens is 234 g/mol. The number of nitrogens with zero attached hydrogens (tertiary/aromatic N) is 4. The molecule has 1 aliphatic heterocycles. The first-order chi connectivity index (χ1) is 8.56. The van der Waals surface area contributed by atoms with Crippen LogP contribution in [0.5, 0.6) is 0 Å². The van der Waals surface area contributed by atoms with Gasteiger partial charge < -0.3 is 5.32 Å². The monoisotopic (exact) mass is 245 g/mol. The van der Waals surface area contributed by atoms with Gasteiger partial charge in [-0.15, -0.1) is 5.10 Å². The highest BCUT2D eigenvalue weighted by Gasteiger charge is 2.23. The van der Waals surface area contributed by atoms with Gasteiger partial charge in [-0.05, 0) is 12.0 Å². The maximum atomic E-state index is 11.8. The van der Waals surface area contributed by atoms with Crippen LogP contribution in [0.2, 0.25) is 0 Å². The van der Waals surface area contributed by atoms with Crippen LogP contribution in [0.25, 0.3) is 11.0 Å². The van der Waals surface area contributed by atoms with Crippen LogP contribution in [0.1, 0.15) is 25.5 Å². The molecule has 0 unspecified atom stereocenters. The number of nitrogens with one attached hydrogen (secondary N) is 1. The Hall–Kier alpha value is -2.31. The van der Waals surface area contributed by atoms with Gasteiger partial charge in [0.15, 0.2) is 5.52 Å². The summed E-state index contributed by atoms with van der Waals surface area (Å²) in [6.07, 6.45) is 0. The van der Waals surface area contributed by atoms with Crippen molar-refractivity contribution in [3.05, 3.63) is 22.2 Å². The molecule has 2 aromatic rings. The molecule has 92 valence electrons. The predicted octanol–water partition coefficient (Wildman–Crippen LogP) is 0.262. The van der Waals surface area contributed by atoms with E-state index in [-0.39, 0.29) is 18.4 Å². The van der Waals surface area contributed by atoms with Crippen molar-refractivity contribution in [2.24, 2.45) is 0 Å². The van der Waals surface area contributed by atoms with Crippen LogP contribution in [0.4, 0.5) is 5.82 Å². The fraction of sp³-hybridized carbons (Fsp3) is 0.364. The summed E-state index contributed by atoms with van der Waals surface area (Å²) >= 11 is 0. The first kappa shape index (κ1) is 10.8. The summed E-state index contributed by atoms with van der Waals surface area (Å²) in [6, 6.07) is 1.74. The Morgan fingerprint density at radius 1 is 1.33 bits per heavy atom. The number of rotatable bonds is 1. The molecule has 0 saturated heterocycles. The zero-order valence-corrected chi connectivity index (χ0v) is 9.97. The van der Waals surface area contributed by atoms with E-state index in [1.165, 1.54) is 4.57 Å². The molecule has 7 heteroatoms. The summed E-state index contributed by atoms with van der Waals surface area (Å²) in [7, 11) is 0. The number of carbonyl (C=O) groups excluding carboxylic acids is 1. The molecule has 1 N–H and O–H groups in total. The standard InChI is InChI=1S/C11H11N5O2/c1-5(2)6-3-7-9(15-14-6)10-13-8(17)4-16(10)11(18)12-7/h3,5H,4H2,1-2H3,(H,13,17). The van der Waals surface area contributed by atoms with Gasteiger partial charge in [-0.25, -0.2) is 4.79 Å². The van der Waals surface area contributed by atoms with E-state index in [2.05, 4.69) is 20.5 Å². The Kier molecular flexibility index (Phi) is 2.16. The van der Waals surface area contributed by atoms with Crippen molar-refractivity contribution in [1.82, 2.24) is 19.7 Å². The number of hydrogen-bond donors (Lipinski definition) is 1. The van der Waals surface area contributed by atoms with Crippen LogP contribution in [0.3, 0.4) is 0 Å². The van der Waals surface area contributed by atoms with Gasteiger partial charge in [-0.3, -0.25) is 9.36 Å². The molecule has 1 amide bonds. The maximum Gasteiger partial charge on any atom is 0.350 e. The van der Waals surface area contributed by atoms with Crippen LogP contribution >= 0.6 is 0 Å². The second-order valence-electron chi connectivity index (χ2n) is 4.54. The summed E-state index contributed by atoms with van der Waals surface area (Å²) in [5, 5.41) is 10.8. The highest BCUT2D eigenvalue weighted by molar-refractivity contribution is 6.00. The number of anilines is 1. The van der Waals surface area contributed by atoms with Gasteiger partial charge in [-0.2, -0.15) is 10.1 Å². The molecule has 18 heavy (non-hydrogen) atoms. The molecule has 3 rings (SSSR count). The molecule has 7 nitrogen and oxygen atoms in total. The third-order valence-electron chi connectivity index (χ3n) is 2.88. The van der Waals surface area contributed by atoms with E-state index in [1.807, 2.05) is 13.8 Å². The molecule has 0 saturated carbocycles. The highest BCUT2D eigenvalue weighted by Crippen LogP contribution is 2.22. The summed E-state index contributed by atoms with van der Waals surface area (Å²) in [5.41, 5.74) is 1.24. The van der Waals surface area contributed by atoms with E-state index in [9.17, 15) is 9.59 Å². The van der Waals surface area contributed by atoms with Gasteiger partial charge in [0.2, 0.25) is 5.91 Å². The Morgan fingerprint density at radius 3 is 2.83 bits per heavy atom. The lowest BCUT2D eigenvalue weighted by atomic mass is 10.1. The van der Waals surface area contributed by atoms with Gasteiger partial charge >= 0.3 is 5.69 Å². The zero-order chi connectivity index (χ0) is 12.9. The zero-order valence-electron chi connectivity index (χ0n) is 9.97. The normalized spacial score (nSPS) is 14.1. The number of amides is 1. The van der Waals surface area contributed by atoms with Crippen molar-refractivity contribution in [1.29, 1.82) is 0 Å². The van der Waals surface area contributed by atoms with Crippen molar-refractivity contribution in [2.45, 2.75) is 26.3 Å². The molecule has 0 aromatic carbocycles. The van der Waals surface area contributed by atoms with Crippen molar-refractivity contribution in [3.8, 4) is 0 Å².